The first-order valence-electron chi connectivity index (χ1n) is 5.40. The summed E-state index contributed by atoms with van der Waals surface area (Å²) in [5, 5.41) is 9.12. The van der Waals surface area contributed by atoms with Crippen molar-refractivity contribution in [2.45, 2.75) is 0 Å². The summed E-state index contributed by atoms with van der Waals surface area (Å²) in [4.78, 5) is 23.4. The molecule has 0 fully saturated rings. The quantitative estimate of drug-likeness (QED) is 0.638. The number of fused-ring (bicyclic) bond motifs is 3. The van der Waals surface area contributed by atoms with Crippen LogP contribution in [0.1, 0.15) is 26.3 Å². The van der Waals surface area contributed by atoms with E-state index in [9.17, 15) is 9.59 Å². The van der Waals surface area contributed by atoms with Gasteiger partial charge in [-0.2, -0.15) is 0 Å². The molecular weight excluding hydrogens is 230 g/mol. The zero-order chi connectivity index (χ0) is 12.9. The molecular formula is C14H9NO3. The lowest BCUT2D eigenvalue weighted by Gasteiger charge is -2.02. The number of aromatic carboxylic acids is 1. The van der Waals surface area contributed by atoms with E-state index in [0.29, 0.717) is 16.8 Å². The van der Waals surface area contributed by atoms with Gasteiger partial charge < -0.3 is 10.8 Å². The number of hydrogen-bond donors (Lipinski definition) is 2. The maximum absolute atomic E-state index is 12.2. The number of hydrogen-bond acceptors (Lipinski definition) is 3. The van der Waals surface area contributed by atoms with Crippen molar-refractivity contribution in [2.75, 3.05) is 5.73 Å². The van der Waals surface area contributed by atoms with Gasteiger partial charge in [-0.05, 0) is 29.3 Å². The van der Waals surface area contributed by atoms with E-state index in [0.717, 1.165) is 5.56 Å². The summed E-state index contributed by atoms with van der Waals surface area (Å²) < 4.78 is 0. The molecule has 0 spiro atoms. The van der Waals surface area contributed by atoms with E-state index in [1.54, 1.807) is 30.3 Å². The predicted octanol–water partition coefficient (Wildman–Crippen LogP) is 2.18. The van der Waals surface area contributed by atoms with Crippen LogP contribution in [0.2, 0.25) is 0 Å². The van der Waals surface area contributed by atoms with Crippen LogP contribution < -0.4 is 5.73 Å². The van der Waals surface area contributed by atoms with E-state index in [-0.39, 0.29) is 16.9 Å². The summed E-state index contributed by atoms with van der Waals surface area (Å²) in [5.41, 5.74) is 8.32. The number of carbonyl (C=O) groups excluding carboxylic acids is 1. The van der Waals surface area contributed by atoms with Crippen LogP contribution >= 0.6 is 0 Å². The van der Waals surface area contributed by atoms with Crippen molar-refractivity contribution in [3.05, 3.63) is 53.1 Å². The number of carboxylic acid groups (broad SMARTS) is 1. The molecule has 0 heterocycles. The lowest BCUT2D eigenvalue weighted by molar-refractivity contribution is 0.0693. The van der Waals surface area contributed by atoms with Gasteiger partial charge in [0.2, 0.25) is 0 Å². The summed E-state index contributed by atoms with van der Waals surface area (Å²) in [7, 11) is 0. The first kappa shape index (κ1) is 10.5. The van der Waals surface area contributed by atoms with Gasteiger partial charge in [0.25, 0.3) is 0 Å². The molecule has 0 aliphatic heterocycles. The van der Waals surface area contributed by atoms with Gasteiger partial charge in [0, 0.05) is 16.8 Å². The molecule has 3 rings (SSSR count). The van der Waals surface area contributed by atoms with Gasteiger partial charge in [-0.3, -0.25) is 4.79 Å². The number of nitrogens with two attached hydrogens (primary N) is 1. The van der Waals surface area contributed by atoms with Crippen LogP contribution in [0.15, 0.2) is 36.4 Å². The standard InChI is InChI=1S/C14H9NO3/c15-7-4-5-8-9-2-1-3-10(14(17)18)12(9)13(16)11(8)6-7/h1-6H,15H2,(H,17,18). The Morgan fingerprint density at radius 2 is 1.83 bits per heavy atom. The molecule has 18 heavy (non-hydrogen) atoms. The molecule has 0 bridgehead atoms. The Bertz CT molecular complexity index is 704. The number of anilines is 1. The maximum atomic E-state index is 12.2. The second-order valence-corrected chi connectivity index (χ2v) is 4.17. The number of benzene rings is 2. The smallest absolute Gasteiger partial charge is 0.336 e. The maximum Gasteiger partial charge on any atom is 0.336 e. The van der Waals surface area contributed by atoms with E-state index in [2.05, 4.69) is 0 Å². The largest absolute Gasteiger partial charge is 0.478 e. The second kappa shape index (κ2) is 3.43. The topological polar surface area (TPSA) is 80.4 Å². The van der Waals surface area contributed by atoms with Crippen molar-refractivity contribution >= 4 is 17.4 Å². The van der Waals surface area contributed by atoms with Crippen LogP contribution in [0.5, 0.6) is 0 Å². The molecule has 0 amide bonds. The SMILES string of the molecule is Nc1ccc2c(c1)C(=O)c1c(C(=O)O)cccc1-2. The van der Waals surface area contributed by atoms with Crippen LogP contribution in [0.25, 0.3) is 11.1 Å². The summed E-state index contributed by atoms with van der Waals surface area (Å²) in [6, 6.07) is 9.87. The first-order valence-corrected chi connectivity index (χ1v) is 5.40. The van der Waals surface area contributed by atoms with Crippen LogP contribution in [-0.2, 0) is 0 Å². The zero-order valence-corrected chi connectivity index (χ0v) is 9.31. The van der Waals surface area contributed by atoms with Gasteiger partial charge in [-0.25, -0.2) is 4.79 Å². The van der Waals surface area contributed by atoms with E-state index >= 15 is 0 Å². The molecule has 1 aliphatic rings. The zero-order valence-electron chi connectivity index (χ0n) is 9.31. The van der Waals surface area contributed by atoms with Crippen LogP contribution in [0.3, 0.4) is 0 Å². The van der Waals surface area contributed by atoms with Crippen molar-refractivity contribution in [1.29, 1.82) is 0 Å². The van der Waals surface area contributed by atoms with Gasteiger partial charge in [0.1, 0.15) is 0 Å². The molecule has 3 N–H and O–H groups in total. The average molecular weight is 239 g/mol. The van der Waals surface area contributed by atoms with Gasteiger partial charge >= 0.3 is 5.97 Å². The molecule has 2 aromatic carbocycles. The highest BCUT2D eigenvalue weighted by Crippen LogP contribution is 2.38. The molecule has 88 valence electrons. The highest BCUT2D eigenvalue weighted by Gasteiger charge is 2.30. The first-order chi connectivity index (χ1) is 8.59. The fourth-order valence-corrected chi connectivity index (χ4v) is 2.32. The molecule has 4 nitrogen and oxygen atoms in total. The third kappa shape index (κ3) is 1.26. The minimum absolute atomic E-state index is 0.0345. The molecule has 4 heteroatoms. The number of ketones is 1. The van der Waals surface area contributed by atoms with E-state index in [4.69, 9.17) is 10.8 Å². The van der Waals surface area contributed by atoms with Crippen LogP contribution in [0.4, 0.5) is 5.69 Å². The van der Waals surface area contributed by atoms with E-state index in [1.165, 1.54) is 6.07 Å². The number of carbonyl (C=O) groups is 2. The predicted molar refractivity (Wildman–Crippen MR) is 66.7 cm³/mol. The van der Waals surface area contributed by atoms with Crippen molar-refractivity contribution in [1.82, 2.24) is 0 Å². The van der Waals surface area contributed by atoms with Gasteiger partial charge in [-0.1, -0.05) is 18.2 Å². The number of carboxylic acids is 1. The van der Waals surface area contributed by atoms with Gasteiger partial charge in [0.05, 0.1) is 5.56 Å². The Morgan fingerprint density at radius 1 is 1.06 bits per heavy atom. The fraction of sp³-hybridized carbons (Fsp3) is 0. The number of nitrogen functional groups attached to an aromatic ring is 1. The molecule has 0 saturated heterocycles. The van der Waals surface area contributed by atoms with Gasteiger partial charge in [0.15, 0.2) is 5.78 Å². The highest BCUT2D eigenvalue weighted by atomic mass is 16.4. The van der Waals surface area contributed by atoms with E-state index < -0.39 is 5.97 Å². The molecule has 1 aliphatic carbocycles. The van der Waals surface area contributed by atoms with Crippen molar-refractivity contribution in [3.8, 4) is 11.1 Å². The minimum atomic E-state index is -1.10. The molecule has 0 atom stereocenters. The summed E-state index contributed by atoms with van der Waals surface area (Å²) in [6.45, 7) is 0. The van der Waals surface area contributed by atoms with Crippen molar-refractivity contribution < 1.29 is 14.7 Å². The highest BCUT2D eigenvalue weighted by molar-refractivity contribution is 6.25. The lowest BCUT2D eigenvalue weighted by atomic mass is 10.0. The Hall–Kier alpha value is -2.62. The summed E-state index contributed by atoms with van der Waals surface area (Å²) >= 11 is 0. The monoisotopic (exact) mass is 239 g/mol. The molecule has 0 saturated carbocycles. The molecule has 0 unspecified atom stereocenters. The van der Waals surface area contributed by atoms with E-state index in [1.807, 2.05) is 0 Å². The Balaban J connectivity index is 2.36. The van der Waals surface area contributed by atoms with Gasteiger partial charge in [-0.15, -0.1) is 0 Å². The third-order valence-electron chi connectivity index (χ3n) is 3.10. The Kier molecular flexibility index (Phi) is 2.01. The molecule has 2 aromatic rings. The Morgan fingerprint density at radius 3 is 2.56 bits per heavy atom. The average Bonchev–Trinajstić information content (AvgIpc) is 2.63. The minimum Gasteiger partial charge on any atom is -0.478 e. The molecule has 0 radical (unpaired) electrons. The third-order valence-corrected chi connectivity index (χ3v) is 3.10. The lowest BCUT2D eigenvalue weighted by Crippen LogP contribution is -2.06. The second-order valence-electron chi connectivity index (χ2n) is 4.17. The van der Waals surface area contributed by atoms with Crippen LogP contribution in [0, 0.1) is 0 Å². The Labute approximate surface area is 103 Å². The normalized spacial score (nSPS) is 12.1. The fourth-order valence-electron chi connectivity index (χ4n) is 2.32. The summed E-state index contributed by atoms with van der Waals surface area (Å²) in [6.07, 6.45) is 0. The summed E-state index contributed by atoms with van der Waals surface area (Å²) in [5.74, 6) is -1.37. The molecule has 0 aromatic heterocycles. The van der Waals surface area contributed by atoms with Crippen LogP contribution in [-0.4, -0.2) is 16.9 Å². The number of rotatable bonds is 1. The van der Waals surface area contributed by atoms with Crippen molar-refractivity contribution in [2.24, 2.45) is 0 Å². The van der Waals surface area contributed by atoms with Crippen molar-refractivity contribution in [3.63, 3.8) is 0 Å².